The quantitative estimate of drug-likeness (QED) is 0.591. The highest BCUT2D eigenvalue weighted by atomic mass is 32.2. The summed E-state index contributed by atoms with van der Waals surface area (Å²) in [7, 11) is -1.99. The van der Waals surface area contributed by atoms with E-state index in [1.54, 1.807) is 6.92 Å². The van der Waals surface area contributed by atoms with Gasteiger partial charge in [0, 0.05) is 20.3 Å². The number of hydrogen-bond acceptors (Lipinski definition) is 4. The van der Waals surface area contributed by atoms with Crippen molar-refractivity contribution >= 4 is 16.0 Å². The van der Waals surface area contributed by atoms with E-state index in [2.05, 4.69) is 0 Å². The number of carboxylic acids is 1. The Hall–Kier alpha value is -0.660. The number of carboxylic acid groups (broad SMARTS) is 1. The molecule has 16 heavy (non-hydrogen) atoms. The topological polar surface area (TPSA) is 83.9 Å². The second-order valence-electron chi connectivity index (χ2n) is 3.39. The predicted molar refractivity (Wildman–Crippen MR) is 59.8 cm³/mol. The molecule has 0 saturated carbocycles. The first-order chi connectivity index (χ1) is 7.44. The van der Waals surface area contributed by atoms with Gasteiger partial charge in [-0.1, -0.05) is 6.92 Å². The fourth-order valence-corrected chi connectivity index (χ4v) is 2.74. The molecule has 0 amide bonds. The van der Waals surface area contributed by atoms with Gasteiger partial charge in [-0.15, -0.1) is 0 Å². The van der Waals surface area contributed by atoms with Crippen molar-refractivity contribution in [2.75, 3.05) is 32.6 Å². The van der Waals surface area contributed by atoms with Crippen molar-refractivity contribution in [2.45, 2.75) is 19.8 Å². The Morgan fingerprint density at radius 2 is 2.06 bits per heavy atom. The highest BCUT2D eigenvalue weighted by Gasteiger charge is 2.22. The third kappa shape index (κ3) is 6.04. The van der Waals surface area contributed by atoms with Gasteiger partial charge >= 0.3 is 5.97 Å². The highest BCUT2D eigenvalue weighted by Crippen LogP contribution is 2.04. The van der Waals surface area contributed by atoms with Crippen LogP contribution in [-0.2, 0) is 19.6 Å². The minimum absolute atomic E-state index is 0.0753. The van der Waals surface area contributed by atoms with Crippen molar-refractivity contribution in [1.82, 2.24) is 4.31 Å². The molecule has 0 aliphatic rings. The summed E-state index contributed by atoms with van der Waals surface area (Å²) in [5, 5.41) is 8.61. The molecular weight excluding hydrogens is 234 g/mol. The van der Waals surface area contributed by atoms with Crippen LogP contribution in [0.4, 0.5) is 0 Å². The highest BCUT2D eigenvalue weighted by molar-refractivity contribution is 7.89. The molecule has 0 rings (SSSR count). The Bertz CT molecular complexity index is 301. The standard InChI is InChI=1S/C9H19NO5S/c1-3-5-10(8-9(11)12)16(13,14)7-4-6-15-2/h3-8H2,1-2H3,(H,11,12). The fourth-order valence-electron chi connectivity index (χ4n) is 1.23. The smallest absolute Gasteiger partial charge is 0.318 e. The minimum atomic E-state index is -3.48. The van der Waals surface area contributed by atoms with E-state index >= 15 is 0 Å². The summed E-state index contributed by atoms with van der Waals surface area (Å²) >= 11 is 0. The average Bonchev–Trinajstić information content (AvgIpc) is 2.16. The summed E-state index contributed by atoms with van der Waals surface area (Å²) in [4.78, 5) is 10.5. The van der Waals surface area contributed by atoms with Crippen LogP contribution in [0.3, 0.4) is 0 Å². The van der Waals surface area contributed by atoms with Gasteiger partial charge in [-0.05, 0) is 12.8 Å². The molecule has 0 unspecified atom stereocenters. The maximum atomic E-state index is 11.7. The first-order valence-corrected chi connectivity index (χ1v) is 6.73. The molecular formula is C9H19NO5S. The lowest BCUT2D eigenvalue weighted by Gasteiger charge is -2.19. The maximum absolute atomic E-state index is 11.7. The van der Waals surface area contributed by atoms with E-state index in [1.807, 2.05) is 0 Å². The number of aliphatic carboxylic acids is 1. The molecule has 0 aromatic carbocycles. The molecule has 0 aromatic rings. The number of sulfonamides is 1. The van der Waals surface area contributed by atoms with Crippen molar-refractivity contribution in [3.05, 3.63) is 0 Å². The van der Waals surface area contributed by atoms with Crippen LogP contribution in [-0.4, -0.2) is 56.4 Å². The van der Waals surface area contributed by atoms with Gasteiger partial charge in [-0.3, -0.25) is 4.79 Å². The number of hydrogen-bond donors (Lipinski definition) is 1. The molecule has 0 aliphatic carbocycles. The van der Waals surface area contributed by atoms with Crippen LogP contribution in [0.25, 0.3) is 0 Å². The summed E-state index contributed by atoms with van der Waals surface area (Å²) in [5.41, 5.74) is 0. The van der Waals surface area contributed by atoms with E-state index in [0.29, 0.717) is 19.4 Å². The molecule has 0 fully saturated rings. The number of methoxy groups -OCH3 is 1. The molecule has 0 radical (unpaired) electrons. The SMILES string of the molecule is CCCN(CC(=O)O)S(=O)(=O)CCCOC. The molecule has 0 saturated heterocycles. The monoisotopic (exact) mass is 253 g/mol. The normalized spacial score (nSPS) is 11.9. The Balaban J connectivity index is 4.43. The van der Waals surface area contributed by atoms with E-state index < -0.39 is 22.5 Å². The third-order valence-corrected chi connectivity index (χ3v) is 3.83. The van der Waals surface area contributed by atoms with Crippen LogP contribution in [0.15, 0.2) is 0 Å². The second-order valence-corrected chi connectivity index (χ2v) is 5.48. The van der Waals surface area contributed by atoms with E-state index in [-0.39, 0.29) is 12.3 Å². The fraction of sp³-hybridized carbons (Fsp3) is 0.889. The molecule has 0 spiro atoms. The first-order valence-electron chi connectivity index (χ1n) is 5.12. The Labute approximate surface area is 96.2 Å². The zero-order valence-electron chi connectivity index (χ0n) is 9.68. The lowest BCUT2D eigenvalue weighted by atomic mass is 10.5. The molecule has 7 heteroatoms. The summed E-state index contributed by atoms with van der Waals surface area (Å²) < 4.78 is 29.2. The van der Waals surface area contributed by atoms with Crippen LogP contribution >= 0.6 is 0 Å². The number of ether oxygens (including phenoxy) is 1. The molecule has 6 nitrogen and oxygen atoms in total. The van der Waals surface area contributed by atoms with Gasteiger partial charge in [0.1, 0.15) is 6.54 Å². The van der Waals surface area contributed by atoms with Crippen molar-refractivity contribution in [3.8, 4) is 0 Å². The molecule has 0 atom stereocenters. The van der Waals surface area contributed by atoms with Crippen LogP contribution in [0, 0.1) is 0 Å². The number of rotatable bonds is 9. The molecule has 1 N–H and O–H groups in total. The predicted octanol–water partition coefficient (Wildman–Crippen LogP) is 0.149. The van der Waals surface area contributed by atoms with Crippen LogP contribution in [0.1, 0.15) is 19.8 Å². The number of nitrogens with zero attached hydrogens (tertiary/aromatic N) is 1. The van der Waals surface area contributed by atoms with Gasteiger partial charge in [0.15, 0.2) is 0 Å². The zero-order valence-corrected chi connectivity index (χ0v) is 10.5. The van der Waals surface area contributed by atoms with Gasteiger partial charge in [0.2, 0.25) is 10.0 Å². The van der Waals surface area contributed by atoms with Gasteiger partial charge in [-0.2, -0.15) is 4.31 Å². The van der Waals surface area contributed by atoms with Crippen molar-refractivity contribution in [2.24, 2.45) is 0 Å². The molecule has 0 heterocycles. The second kappa shape index (κ2) is 7.59. The van der Waals surface area contributed by atoms with Crippen LogP contribution in [0.2, 0.25) is 0 Å². The summed E-state index contributed by atoms with van der Waals surface area (Å²) in [6.07, 6.45) is 0.968. The van der Waals surface area contributed by atoms with Crippen molar-refractivity contribution in [3.63, 3.8) is 0 Å². The summed E-state index contributed by atoms with van der Waals surface area (Å²) in [6, 6.07) is 0. The summed E-state index contributed by atoms with van der Waals surface area (Å²) in [6.45, 7) is 1.93. The zero-order chi connectivity index (χ0) is 12.6. The number of carbonyl (C=O) groups is 1. The molecule has 0 bridgehead atoms. The lowest BCUT2D eigenvalue weighted by Crippen LogP contribution is -2.37. The van der Waals surface area contributed by atoms with Crippen LogP contribution < -0.4 is 0 Å². The van der Waals surface area contributed by atoms with Crippen LogP contribution in [0.5, 0.6) is 0 Å². The summed E-state index contributed by atoms with van der Waals surface area (Å²) in [5.74, 6) is -1.21. The molecule has 0 aliphatic heterocycles. The van der Waals surface area contributed by atoms with Gasteiger partial charge in [0.25, 0.3) is 0 Å². The Kier molecular flexibility index (Phi) is 7.27. The van der Waals surface area contributed by atoms with E-state index in [1.165, 1.54) is 7.11 Å². The molecule has 96 valence electrons. The van der Waals surface area contributed by atoms with Gasteiger partial charge in [-0.25, -0.2) is 8.42 Å². The largest absolute Gasteiger partial charge is 0.480 e. The lowest BCUT2D eigenvalue weighted by molar-refractivity contribution is -0.137. The van der Waals surface area contributed by atoms with E-state index in [0.717, 1.165) is 4.31 Å². The first kappa shape index (κ1) is 15.3. The molecule has 0 aromatic heterocycles. The van der Waals surface area contributed by atoms with E-state index in [4.69, 9.17) is 9.84 Å². The maximum Gasteiger partial charge on any atom is 0.318 e. The Morgan fingerprint density at radius 3 is 2.50 bits per heavy atom. The minimum Gasteiger partial charge on any atom is -0.480 e. The van der Waals surface area contributed by atoms with Gasteiger partial charge < -0.3 is 9.84 Å². The van der Waals surface area contributed by atoms with E-state index in [9.17, 15) is 13.2 Å². The van der Waals surface area contributed by atoms with Crippen molar-refractivity contribution in [1.29, 1.82) is 0 Å². The Morgan fingerprint density at radius 1 is 1.44 bits per heavy atom. The van der Waals surface area contributed by atoms with Crippen molar-refractivity contribution < 1.29 is 23.1 Å². The van der Waals surface area contributed by atoms with Gasteiger partial charge in [0.05, 0.1) is 5.75 Å². The third-order valence-electron chi connectivity index (χ3n) is 1.93. The average molecular weight is 253 g/mol.